The van der Waals surface area contributed by atoms with Gasteiger partial charge in [0.05, 0.1) is 0 Å². The molecule has 0 saturated carbocycles. The molecule has 19 heavy (non-hydrogen) atoms. The van der Waals surface area contributed by atoms with Gasteiger partial charge in [-0.1, -0.05) is 18.2 Å². The van der Waals surface area contributed by atoms with Crippen LogP contribution in [0.4, 0.5) is 0 Å². The lowest BCUT2D eigenvalue weighted by atomic mass is 10.1. The van der Waals surface area contributed by atoms with Crippen molar-refractivity contribution in [3.8, 4) is 23.0 Å². The van der Waals surface area contributed by atoms with Gasteiger partial charge in [0.1, 0.15) is 0 Å². The van der Waals surface area contributed by atoms with E-state index in [0.29, 0.717) is 13.0 Å². The van der Waals surface area contributed by atoms with Gasteiger partial charge in [0.2, 0.25) is 11.5 Å². The normalized spacial score (nSPS) is 10.2. The lowest BCUT2D eigenvalue weighted by Crippen LogP contribution is -2.04. The summed E-state index contributed by atoms with van der Waals surface area (Å²) in [5.74, 6) is 0.264. The quantitative estimate of drug-likeness (QED) is 0.566. The van der Waals surface area contributed by atoms with Crippen molar-refractivity contribution in [3.63, 3.8) is 0 Å². The second kappa shape index (κ2) is 5.97. The summed E-state index contributed by atoms with van der Waals surface area (Å²) in [6.07, 6.45) is 0.675. The largest absolute Gasteiger partial charge is 0.504 e. The second-order valence-electron chi connectivity index (χ2n) is 3.98. The molecule has 0 aliphatic heterocycles. The van der Waals surface area contributed by atoms with E-state index in [0.717, 1.165) is 5.56 Å². The predicted octanol–water partition coefficient (Wildman–Crippen LogP) is 1.97. The van der Waals surface area contributed by atoms with Crippen molar-refractivity contribution in [1.29, 1.82) is 0 Å². The summed E-state index contributed by atoms with van der Waals surface area (Å²) in [6, 6.07) is 11.3. The highest BCUT2D eigenvalue weighted by molar-refractivity contribution is 5.42. The Balaban J connectivity index is 2.06. The van der Waals surface area contributed by atoms with Crippen LogP contribution in [-0.2, 0) is 6.42 Å². The van der Waals surface area contributed by atoms with E-state index in [1.54, 1.807) is 36.4 Å². The molecule has 5 heteroatoms. The van der Waals surface area contributed by atoms with Gasteiger partial charge in [-0.25, -0.2) is 0 Å². The van der Waals surface area contributed by atoms with Crippen LogP contribution in [0.15, 0.2) is 42.5 Å². The highest BCUT2D eigenvalue weighted by Gasteiger charge is 2.07. The van der Waals surface area contributed by atoms with Gasteiger partial charge in [0, 0.05) is 0 Å². The molecule has 2 rings (SSSR count). The fourth-order valence-electron chi connectivity index (χ4n) is 1.57. The van der Waals surface area contributed by atoms with Crippen LogP contribution in [-0.4, -0.2) is 16.8 Å². The molecule has 0 spiro atoms. The van der Waals surface area contributed by atoms with Gasteiger partial charge in [-0.2, -0.15) is 0 Å². The van der Waals surface area contributed by atoms with Crippen LogP contribution in [0.25, 0.3) is 0 Å². The van der Waals surface area contributed by atoms with E-state index in [1.165, 1.54) is 6.07 Å². The zero-order valence-corrected chi connectivity index (χ0v) is 10.2. The summed E-state index contributed by atoms with van der Waals surface area (Å²) < 4.78 is 0. The maximum atomic E-state index is 9.76. The molecule has 0 unspecified atom stereocenters. The third kappa shape index (κ3) is 3.29. The number of phenols is 2. The molecule has 100 valence electrons. The van der Waals surface area contributed by atoms with Gasteiger partial charge in [0.15, 0.2) is 11.5 Å². The Bertz CT molecular complexity index is 557. The first-order chi connectivity index (χ1) is 9.20. The average molecular weight is 261 g/mol. The number of hydrogen-bond donors (Lipinski definition) is 3. The van der Waals surface area contributed by atoms with Crippen molar-refractivity contribution >= 4 is 0 Å². The Morgan fingerprint density at radius 1 is 0.895 bits per heavy atom. The van der Waals surface area contributed by atoms with Gasteiger partial charge in [-0.15, -0.1) is 0 Å². The molecule has 0 aliphatic carbocycles. The van der Waals surface area contributed by atoms with Crippen molar-refractivity contribution in [1.82, 2.24) is 0 Å². The molecule has 0 saturated heterocycles. The van der Waals surface area contributed by atoms with Crippen molar-refractivity contribution in [2.24, 2.45) is 5.73 Å². The maximum Gasteiger partial charge on any atom is 0.220 e. The van der Waals surface area contributed by atoms with E-state index in [2.05, 4.69) is 0 Å². The first-order valence-electron chi connectivity index (χ1n) is 5.85. The summed E-state index contributed by atoms with van der Waals surface area (Å²) in [5, 5.41) is 19.2. The Labute approximate surface area is 110 Å². The smallest absolute Gasteiger partial charge is 0.220 e. The van der Waals surface area contributed by atoms with Crippen LogP contribution in [0, 0.1) is 0 Å². The van der Waals surface area contributed by atoms with Gasteiger partial charge in [0.25, 0.3) is 0 Å². The number of rotatable bonds is 5. The molecular formula is C14H15NO4. The maximum absolute atomic E-state index is 9.76. The standard InChI is InChI=1S/C14H15NO4/c15-8-7-10-5-6-14(12(17)9-10)19-18-13-4-2-1-3-11(13)16/h1-6,9,16-17H,7-8,15H2. The van der Waals surface area contributed by atoms with Gasteiger partial charge in [-0.05, 0) is 42.8 Å². The molecule has 0 radical (unpaired) electrons. The fourth-order valence-corrected chi connectivity index (χ4v) is 1.57. The molecule has 0 fully saturated rings. The minimum atomic E-state index is -0.0404. The summed E-state index contributed by atoms with van der Waals surface area (Å²) in [5.41, 5.74) is 6.35. The summed E-state index contributed by atoms with van der Waals surface area (Å²) in [7, 11) is 0. The molecule has 0 aromatic heterocycles. The third-order valence-corrected chi connectivity index (χ3v) is 2.54. The van der Waals surface area contributed by atoms with E-state index >= 15 is 0 Å². The van der Waals surface area contributed by atoms with Gasteiger partial charge < -0.3 is 15.9 Å². The number of benzene rings is 2. The van der Waals surface area contributed by atoms with Crippen LogP contribution in [0.2, 0.25) is 0 Å². The molecule has 0 bridgehead atoms. The zero-order valence-electron chi connectivity index (χ0n) is 10.2. The predicted molar refractivity (Wildman–Crippen MR) is 70.2 cm³/mol. The zero-order chi connectivity index (χ0) is 13.7. The molecule has 0 heterocycles. The SMILES string of the molecule is NCCc1ccc(OOc2ccccc2O)c(O)c1. The van der Waals surface area contributed by atoms with Crippen LogP contribution in [0.5, 0.6) is 23.0 Å². The number of hydrogen-bond acceptors (Lipinski definition) is 5. The van der Waals surface area contributed by atoms with Crippen LogP contribution in [0.3, 0.4) is 0 Å². The fraction of sp³-hybridized carbons (Fsp3) is 0.143. The van der Waals surface area contributed by atoms with Gasteiger partial charge in [-0.3, -0.25) is 9.78 Å². The van der Waals surface area contributed by atoms with E-state index in [9.17, 15) is 10.2 Å². The Hall–Kier alpha value is -2.40. The summed E-state index contributed by atoms with van der Waals surface area (Å²) in [6.45, 7) is 0.508. The molecule has 0 amide bonds. The van der Waals surface area contributed by atoms with Gasteiger partial charge >= 0.3 is 0 Å². The Morgan fingerprint density at radius 3 is 2.21 bits per heavy atom. The minimum Gasteiger partial charge on any atom is -0.504 e. The highest BCUT2D eigenvalue weighted by Crippen LogP contribution is 2.30. The van der Waals surface area contributed by atoms with E-state index in [4.69, 9.17) is 15.5 Å². The van der Waals surface area contributed by atoms with Crippen molar-refractivity contribution < 1.29 is 20.0 Å². The van der Waals surface area contributed by atoms with Crippen LogP contribution >= 0.6 is 0 Å². The van der Waals surface area contributed by atoms with Crippen molar-refractivity contribution in [2.75, 3.05) is 6.54 Å². The number of phenolic OH excluding ortho intramolecular Hbond substituents is 2. The molecule has 4 N–H and O–H groups in total. The molecule has 2 aromatic carbocycles. The molecule has 2 aromatic rings. The van der Waals surface area contributed by atoms with Crippen LogP contribution in [0.1, 0.15) is 5.56 Å². The second-order valence-corrected chi connectivity index (χ2v) is 3.98. The van der Waals surface area contributed by atoms with E-state index in [1.807, 2.05) is 0 Å². The topological polar surface area (TPSA) is 84.9 Å². The minimum absolute atomic E-state index is 0.0401. The first kappa shape index (κ1) is 13.0. The van der Waals surface area contributed by atoms with Crippen molar-refractivity contribution in [2.45, 2.75) is 6.42 Å². The average Bonchev–Trinajstić information content (AvgIpc) is 2.40. The first-order valence-corrected chi connectivity index (χ1v) is 5.85. The van der Waals surface area contributed by atoms with Crippen molar-refractivity contribution in [3.05, 3.63) is 48.0 Å². The number of para-hydroxylation sites is 2. The van der Waals surface area contributed by atoms with E-state index < -0.39 is 0 Å². The summed E-state index contributed by atoms with van der Waals surface area (Å²) in [4.78, 5) is 9.96. The molecule has 5 nitrogen and oxygen atoms in total. The highest BCUT2D eigenvalue weighted by atomic mass is 17.2. The number of nitrogens with two attached hydrogens (primary N) is 1. The lowest BCUT2D eigenvalue weighted by molar-refractivity contribution is -0.103. The van der Waals surface area contributed by atoms with E-state index in [-0.39, 0.29) is 23.0 Å². The van der Waals surface area contributed by atoms with Crippen LogP contribution < -0.4 is 15.5 Å². The molecule has 0 aliphatic rings. The molecular weight excluding hydrogens is 246 g/mol. The molecule has 0 atom stereocenters. The number of aromatic hydroxyl groups is 2. The third-order valence-electron chi connectivity index (χ3n) is 2.54. The summed E-state index contributed by atoms with van der Waals surface area (Å²) >= 11 is 0. The Morgan fingerprint density at radius 2 is 1.58 bits per heavy atom. The monoisotopic (exact) mass is 261 g/mol. The Kier molecular flexibility index (Phi) is 4.10. The lowest BCUT2D eigenvalue weighted by Gasteiger charge is -2.09.